The van der Waals surface area contributed by atoms with Gasteiger partial charge in [0.25, 0.3) is 6.43 Å². The second-order valence-electron chi connectivity index (χ2n) is 3.18. The van der Waals surface area contributed by atoms with Gasteiger partial charge < -0.3 is 4.74 Å². The summed E-state index contributed by atoms with van der Waals surface area (Å²) in [5, 5.41) is 8.83. The van der Waals surface area contributed by atoms with Crippen molar-refractivity contribution >= 4 is 17.6 Å². The lowest BCUT2D eigenvalue weighted by Gasteiger charge is -2.12. The summed E-state index contributed by atoms with van der Waals surface area (Å²) in [5.74, 6) is -1.20. The number of hydrogen-bond acceptors (Lipinski definition) is 4. The van der Waals surface area contributed by atoms with Crippen molar-refractivity contribution in [2.45, 2.75) is 19.2 Å². The number of carbonyl (C=O) groups is 1. The van der Waals surface area contributed by atoms with Gasteiger partial charge in [-0.05, 0) is 12.5 Å². The molecule has 0 N–H and O–H groups in total. The topological polar surface area (TPSA) is 63.0 Å². The number of nitriles is 1. The second-order valence-corrected chi connectivity index (χ2v) is 3.45. The molecule has 0 aliphatic heterocycles. The van der Waals surface area contributed by atoms with Crippen LogP contribution in [0.4, 0.5) is 8.78 Å². The SMILES string of the molecule is CCOC(=O)c1c(C#N)ncc(C(F)F)c1CCl. The number of nitrogens with zero attached hydrogens (tertiary/aromatic N) is 2. The van der Waals surface area contributed by atoms with E-state index in [0.29, 0.717) is 0 Å². The molecular formula is C11H9ClF2N2O2. The number of carbonyl (C=O) groups excluding carboxylic acids is 1. The highest BCUT2D eigenvalue weighted by molar-refractivity contribution is 6.18. The molecule has 1 heterocycles. The normalized spacial score (nSPS) is 10.2. The van der Waals surface area contributed by atoms with Crippen molar-refractivity contribution in [2.75, 3.05) is 6.61 Å². The van der Waals surface area contributed by atoms with Gasteiger partial charge in [-0.25, -0.2) is 18.6 Å². The van der Waals surface area contributed by atoms with Gasteiger partial charge in [-0.15, -0.1) is 11.6 Å². The van der Waals surface area contributed by atoms with Gasteiger partial charge in [0, 0.05) is 17.6 Å². The highest BCUT2D eigenvalue weighted by Gasteiger charge is 2.25. The van der Waals surface area contributed by atoms with E-state index in [1.54, 1.807) is 13.0 Å². The molecule has 1 rings (SSSR count). The molecule has 0 aliphatic rings. The summed E-state index contributed by atoms with van der Waals surface area (Å²) in [6.45, 7) is 1.62. The summed E-state index contributed by atoms with van der Waals surface area (Å²) in [7, 11) is 0. The maximum absolute atomic E-state index is 12.7. The smallest absolute Gasteiger partial charge is 0.341 e. The summed E-state index contributed by atoms with van der Waals surface area (Å²) in [6, 6.07) is 1.66. The minimum Gasteiger partial charge on any atom is -0.462 e. The molecule has 4 nitrogen and oxygen atoms in total. The molecule has 0 saturated carbocycles. The Bertz CT molecular complexity index is 501. The number of hydrogen-bond donors (Lipinski definition) is 0. The van der Waals surface area contributed by atoms with E-state index in [9.17, 15) is 13.6 Å². The molecule has 0 radical (unpaired) electrons. The first-order chi connectivity index (χ1) is 8.56. The maximum Gasteiger partial charge on any atom is 0.341 e. The van der Waals surface area contributed by atoms with E-state index in [1.807, 2.05) is 0 Å². The van der Waals surface area contributed by atoms with Crippen LogP contribution in [-0.2, 0) is 10.6 Å². The molecule has 0 fully saturated rings. The van der Waals surface area contributed by atoms with Crippen LogP contribution in [0.3, 0.4) is 0 Å². The van der Waals surface area contributed by atoms with Crippen molar-refractivity contribution in [1.82, 2.24) is 4.98 Å². The number of rotatable bonds is 4. The minimum absolute atomic E-state index is 0.0599. The minimum atomic E-state index is -2.83. The maximum atomic E-state index is 12.7. The van der Waals surface area contributed by atoms with Crippen LogP contribution < -0.4 is 0 Å². The Labute approximate surface area is 107 Å². The Hall–Kier alpha value is -1.74. The van der Waals surface area contributed by atoms with Crippen LogP contribution in [0.2, 0.25) is 0 Å². The third-order valence-corrected chi connectivity index (χ3v) is 2.44. The Morgan fingerprint density at radius 1 is 1.67 bits per heavy atom. The van der Waals surface area contributed by atoms with Crippen LogP contribution in [0, 0.1) is 11.3 Å². The molecule has 1 aromatic heterocycles. The summed E-state index contributed by atoms with van der Waals surface area (Å²) < 4.78 is 30.2. The molecule has 96 valence electrons. The molecule has 0 saturated heterocycles. The summed E-state index contributed by atoms with van der Waals surface area (Å²) in [4.78, 5) is 15.2. The number of halogens is 3. The molecule has 7 heteroatoms. The van der Waals surface area contributed by atoms with Crippen LogP contribution in [0.15, 0.2) is 6.20 Å². The van der Waals surface area contributed by atoms with Gasteiger partial charge in [0.2, 0.25) is 0 Å². The van der Waals surface area contributed by atoms with Gasteiger partial charge in [0.15, 0.2) is 5.69 Å². The lowest BCUT2D eigenvalue weighted by Crippen LogP contribution is -2.13. The fourth-order valence-corrected chi connectivity index (χ4v) is 1.69. The fraction of sp³-hybridized carbons (Fsp3) is 0.364. The number of esters is 1. The van der Waals surface area contributed by atoms with Gasteiger partial charge >= 0.3 is 5.97 Å². The van der Waals surface area contributed by atoms with Crippen molar-refractivity contribution in [1.29, 1.82) is 5.26 Å². The average molecular weight is 275 g/mol. The molecule has 1 aromatic rings. The van der Waals surface area contributed by atoms with Crippen LogP contribution in [0.5, 0.6) is 0 Å². The second kappa shape index (κ2) is 6.26. The quantitative estimate of drug-likeness (QED) is 0.625. The highest BCUT2D eigenvalue weighted by atomic mass is 35.5. The Kier molecular flexibility index (Phi) is 4.98. The molecule has 0 amide bonds. The molecule has 0 atom stereocenters. The lowest BCUT2D eigenvalue weighted by molar-refractivity contribution is 0.0524. The Balaban J connectivity index is 3.47. The largest absolute Gasteiger partial charge is 0.462 e. The van der Waals surface area contributed by atoms with E-state index >= 15 is 0 Å². The van der Waals surface area contributed by atoms with Crippen molar-refractivity contribution in [3.05, 3.63) is 28.6 Å². The van der Waals surface area contributed by atoms with E-state index in [1.165, 1.54) is 0 Å². The Morgan fingerprint density at radius 2 is 2.33 bits per heavy atom. The zero-order chi connectivity index (χ0) is 13.7. The molecule has 0 aromatic carbocycles. The molecule has 0 bridgehead atoms. The fourth-order valence-electron chi connectivity index (χ4n) is 1.40. The van der Waals surface area contributed by atoms with E-state index in [2.05, 4.69) is 4.98 Å². The average Bonchev–Trinajstić information content (AvgIpc) is 2.36. The first-order valence-electron chi connectivity index (χ1n) is 4.99. The summed E-state index contributed by atoms with van der Waals surface area (Å²) >= 11 is 5.58. The van der Waals surface area contributed by atoms with E-state index in [0.717, 1.165) is 6.20 Å². The van der Waals surface area contributed by atoms with E-state index < -0.39 is 18.0 Å². The van der Waals surface area contributed by atoms with Crippen molar-refractivity contribution < 1.29 is 18.3 Å². The van der Waals surface area contributed by atoms with Crippen LogP contribution in [-0.4, -0.2) is 17.6 Å². The summed E-state index contributed by atoms with van der Waals surface area (Å²) in [5.41, 5.74) is -1.13. The van der Waals surface area contributed by atoms with Crippen LogP contribution in [0.25, 0.3) is 0 Å². The predicted molar refractivity (Wildman–Crippen MR) is 59.4 cm³/mol. The molecule has 0 aliphatic carbocycles. The number of aromatic nitrogens is 1. The van der Waals surface area contributed by atoms with Gasteiger partial charge in [-0.2, -0.15) is 5.26 Å². The highest BCUT2D eigenvalue weighted by Crippen LogP contribution is 2.28. The zero-order valence-electron chi connectivity index (χ0n) is 9.41. The van der Waals surface area contributed by atoms with E-state index in [-0.39, 0.29) is 29.3 Å². The first kappa shape index (κ1) is 14.3. The molecule has 0 spiro atoms. The monoisotopic (exact) mass is 274 g/mol. The van der Waals surface area contributed by atoms with Crippen molar-refractivity contribution in [3.63, 3.8) is 0 Å². The first-order valence-corrected chi connectivity index (χ1v) is 5.53. The molecule has 0 unspecified atom stereocenters. The van der Waals surface area contributed by atoms with Crippen molar-refractivity contribution in [2.24, 2.45) is 0 Å². The van der Waals surface area contributed by atoms with Crippen molar-refractivity contribution in [3.8, 4) is 6.07 Å². The third-order valence-electron chi connectivity index (χ3n) is 2.17. The zero-order valence-corrected chi connectivity index (χ0v) is 10.2. The van der Waals surface area contributed by atoms with Crippen LogP contribution >= 0.6 is 11.6 Å². The number of pyridine rings is 1. The van der Waals surface area contributed by atoms with Crippen LogP contribution in [0.1, 0.15) is 40.5 Å². The predicted octanol–water partition coefficient (Wildman–Crippen LogP) is 2.81. The molecule has 18 heavy (non-hydrogen) atoms. The van der Waals surface area contributed by atoms with Gasteiger partial charge in [0.05, 0.1) is 6.61 Å². The lowest BCUT2D eigenvalue weighted by atomic mass is 10.0. The third kappa shape index (κ3) is 2.74. The standard InChI is InChI=1S/C11H9ClF2N2O2/c1-2-18-11(17)9-6(3-12)7(10(13)14)5-16-8(9)4-15/h5,10H,2-3H2,1H3. The van der Waals surface area contributed by atoms with Gasteiger partial charge in [0.1, 0.15) is 11.6 Å². The Morgan fingerprint density at radius 3 is 2.78 bits per heavy atom. The summed E-state index contributed by atoms with van der Waals surface area (Å²) in [6.07, 6.45) is -1.98. The van der Waals surface area contributed by atoms with Gasteiger partial charge in [-0.1, -0.05) is 0 Å². The number of ether oxygens (including phenoxy) is 1. The van der Waals surface area contributed by atoms with E-state index in [4.69, 9.17) is 21.6 Å². The number of alkyl halides is 3. The van der Waals surface area contributed by atoms with Gasteiger partial charge in [-0.3, -0.25) is 0 Å². The molecular weight excluding hydrogens is 266 g/mol.